The Balaban J connectivity index is 2.41. The van der Waals surface area contributed by atoms with E-state index in [1.54, 1.807) is 19.9 Å². The van der Waals surface area contributed by atoms with Crippen LogP contribution in [0.4, 0.5) is 4.39 Å². The van der Waals surface area contributed by atoms with E-state index in [-0.39, 0.29) is 5.82 Å². The quantitative estimate of drug-likeness (QED) is 0.765. The molecule has 1 aromatic carbocycles. The molecule has 0 spiro atoms. The zero-order valence-electron chi connectivity index (χ0n) is 11.1. The molecular formula is C14H20FNO2. The molecule has 1 aromatic rings. The number of aryl methyl sites for hydroxylation is 1. The summed E-state index contributed by atoms with van der Waals surface area (Å²) < 4.78 is 12.9. The lowest BCUT2D eigenvalue weighted by Gasteiger charge is -2.19. The lowest BCUT2D eigenvalue weighted by atomic mass is 9.94. The van der Waals surface area contributed by atoms with Gasteiger partial charge >= 0.3 is 5.97 Å². The minimum absolute atomic E-state index is 0.226. The fraction of sp³-hybridized carbons (Fsp3) is 0.500. The molecule has 0 aliphatic carbocycles. The largest absolute Gasteiger partial charge is 0.481 e. The Bertz CT molecular complexity index is 430. The molecule has 0 radical (unpaired) electrons. The van der Waals surface area contributed by atoms with Gasteiger partial charge in [0.15, 0.2) is 0 Å². The Morgan fingerprint density at radius 2 is 2.11 bits per heavy atom. The first kappa shape index (κ1) is 14.6. The van der Waals surface area contributed by atoms with Gasteiger partial charge in [-0.2, -0.15) is 0 Å². The number of rotatable bonds is 6. The van der Waals surface area contributed by atoms with E-state index in [9.17, 15) is 9.18 Å². The van der Waals surface area contributed by atoms with E-state index in [0.717, 1.165) is 17.5 Å². The Kier molecular flexibility index (Phi) is 4.84. The monoisotopic (exact) mass is 253 g/mol. The first-order valence-corrected chi connectivity index (χ1v) is 6.02. The van der Waals surface area contributed by atoms with Crippen molar-refractivity contribution in [1.82, 2.24) is 5.32 Å². The van der Waals surface area contributed by atoms with Gasteiger partial charge in [-0.3, -0.25) is 4.79 Å². The van der Waals surface area contributed by atoms with Crippen molar-refractivity contribution in [3.8, 4) is 0 Å². The number of halogens is 1. The summed E-state index contributed by atoms with van der Waals surface area (Å²) in [6.07, 6.45) is 0.766. The summed E-state index contributed by atoms with van der Waals surface area (Å²) in [5.41, 5.74) is 1.24. The molecule has 0 aliphatic heterocycles. The molecule has 0 amide bonds. The number of carbonyl (C=O) groups is 1. The van der Waals surface area contributed by atoms with E-state index < -0.39 is 11.4 Å². The molecule has 1 rings (SSSR count). The molecule has 0 heterocycles. The zero-order chi connectivity index (χ0) is 13.8. The Morgan fingerprint density at radius 1 is 1.44 bits per heavy atom. The number of carboxylic acid groups (broad SMARTS) is 1. The van der Waals surface area contributed by atoms with Crippen LogP contribution in [0.25, 0.3) is 0 Å². The second kappa shape index (κ2) is 5.96. The molecule has 0 unspecified atom stereocenters. The van der Waals surface area contributed by atoms with Gasteiger partial charge in [0.05, 0.1) is 5.41 Å². The smallest absolute Gasteiger partial charge is 0.310 e. The second-order valence-electron chi connectivity index (χ2n) is 5.19. The van der Waals surface area contributed by atoms with Crippen LogP contribution in [-0.4, -0.2) is 24.2 Å². The standard InChI is InChI=1S/C14H20FNO2/c1-10-8-12(15)5-4-11(10)6-7-16-9-14(2,3)13(17)18/h4-5,8,16H,6-7,9H2,1-3H3,(H,17,18). The van der Waals surface area contributed by atoms with Gasteiger partial charge in [0, 0.05) is 6.54 Å². The lowest BCUT2D eigenvalue weighted by Crippen LogP contribution is -2.36. The predicted octanol–water partition coefficient (Wildman–Crippen LogP) is 2.38. The SMILES string of the molecule is Cc1cc(F)ccc1CCNCC(C)(C)C(=O)O. The number of aliphatic carboxylic acids is 1. The van der Waals surface area contributed by atoms with Gasteiger partial charge in [-0.05, 0) is 57.0 Å². The van der Waals surface area contributed by atoms with Crippen LogP contribution in [0, 0.1) is 18.2 Å². The molecule has 0 bridgehead atoms. The van der Waals surface area contributed by atoms with E-state index in [4.69, 9.17) is 5.11 Å². The van der Waals surface area contributed by atoms with Crippen LogP contribution in [0.15, 0.2) is 18.2 Å². The van der Waals surface area contributed by atoms with Crippen LogP contribution >= 0.6 is 0 Å². The maximum absolute atomic E-state index is 12.9. The fourth-order valence-corrected chi connectivity index (χ4v) is 1.64. The molecule has 0 saturated carbocycles. The Hall–Kier alpha value is -1.42. The summed E-state index contributed by atoms with van der Waals surface area (Å²) in [5, 5.41) is 12.1. The van der Waals surface area contributed by atoms with Gasteiger partial charge in [-0.1, -0.05) is 6.07 Å². The average Bonchev–Trinajstić information content (AvgIpc) is 2.26. The van der Waals surface area contributed by atoms with Crippen LogP contribution in [0.1, 0.15) is 25.0 Å². The van der Waals surface area contributed by atoms with E-state index in [1.807, 2.05) is 6.92 Å². The molecule has 18 heavy (non-hydrogen) atoms. The van der Waals surface area contributed by atoms with E-state index in [0.29, 0.717) is 13.1 Å². The van der Waals surface area contributed by atoms with Gasteiger partial charge in [-0.25, -0.2) is 4.39 Å². The van der Waals surface area contributed by atoms with Gasteiger partial charge in [-0.15, -0.1) is 0 Å². The molecule has 4 heteroatoms. The highest BCUT2D eigenvalue weighted by molar-refractivity contribution is 5.73. The maximum Gasteiger partial charge on any atom is 0.310 e. The summed E-state index contributed by atoms with van der Waals surface area (Å²) >= 11 is 0. The minimum Gasteiger partial charge on any atom is -0.481 e. The minimum atomic E-state index is -0.812. The molecule has 0 fully saturated rings. The fourth-order valence-electron chi connectivity index (χ4n) is 1.64. The van der Waals surface area contributed by atoms with Crippen molar-refractivity contribution in [2.24, 2.45) is 5.41 Å². The number of benzene rings is 1. The number of carboxylic acids is 1. The first-order valence-electron chi connectivity index (χ1n) is 6.02. The number of hydrogen-bond acceptors (Lipinski definition) is 2. The van der Waals surface area contributed by atoms with Crippen molar-refractivity contribution >= 4 is 5.97 Å². The van der Waals surface area contributed by atoms with Crippen LogP contribution in [-0.2, 0) is 11.2 Å². The summed E-state index contributed by atoms with van der Waals surface area (Å²) in [6.45, 7) is 6.35. The highest BCUT2D eigenvalue weighted by Gasteiger charge is 2.26. The van der Waals surface area contributed by atoms with Crippen LogP contribution in [0.5, 0.6) is 0 Å². The first-order chi connectivity index (χ1) is 8.33. The molecule has 0 aromatic heterocycles. The topological polar surface area (TPSA) is 49.3 Å². The van der Waals surface area contributed by atoms with Crippen molar-refractivity contribution in [1.29, 1.82) is 0 Å². The van der Waals surface area contributed by atoms with Crippen molar-refractivity contribution in [3.63, 3.8) is 0 Å². The van der Waals surface area contributed by atoms with Gasteiger partial charge < -0.3 is 10.4 Å². The van der Waals surface area contributed by atoms with E-state index in [1.165, 1.54) is 12.1 Å². The summed E-state index contributed by atoms with van der Waals surface area (Å²) in [6, 6.07) is 4.73. The molecule has 2 N–H and O–H groups in total. The molecule has 0 atom stereocenters. The molecular weight excluding hydrogens is 233 g/mol. The van der Waals surface area contributed by atoms with Crippen LogP contribution in [0.3, 0.4) is 0 Å². The average molecular weight is 253 g/mol. The van der Waals surface area contributed by atoms with Crippen molar-refractivity contribution < 1.29 is 14.3 Å². The molecule has 100 valence electrons. The highest BCUT2D eigenvalue weighted by atomic mass is 19.1. The summed E-state index contributed by atoms with van der Waals surface area (Å²) in [4.78, 5) is 10.9. The zero-order valence-corrected chi connectivity index (χ0v) is 11.1. The third-order valence-electron chi connectivity index (χ3n) is 3.02. The van der Waals surface area contributed by atoms with Crippen LogP contribution < -0.4 is 5.32 Å². The Morgan fingerprint density at radius 3 is 2.67 bits per heavy atom. The van der Waals surface area contributed by atoms with Gasteiger partial charge in [0.2, 0.25) is 0 Å². The van der Waals surface area contributed by atoms with Crippen molar-refractivity contribution in [3.05, 3.63) is 35.1 Å². The predicted molar refractivity (Wildman–Crippen MR) is 69.1 cm³/mol. The third kappa shape index (κ3) is 4.11. The van der Waals surface area contributed by atoms with E-state index in [2.05, 4.69) is 5.32 Å². The summed E-state index contributed by atoms with van der Waals surface area (Å²) in [5.74, 6) is -1.04. The highest BCUT2D eigenvalue weighted by Crippen LogP contribution is 2.13. The maximum atomic E-state index is 12.9. The third-order valence-corrected chi connectivity index (χ3v) is 3.02. The molecule has 3 nitrogen and oxygen atoms in total. The second-order valence-corrected chi connectivity index (χ2v) is 5.19. The molecule has 0 aliphatic rings. The number of hydrogen-bond donors (Lipinski definition) is 2. The summed E-state index contributed by atoms with van der Waals surface area (Å²) in [7, 11) is 0. The van der Waals surface area contributed by atoms with Crippen LogP contribution in [0.2, 0.25) is 0 Å². The Labute approximate surface area is 107 Å². The van der Waals surface area contributed by atoms with Crippen molar-refractivity contribution in [2.45, 2.75) is 27.2 Å². The number of nitrogens with one attached hydrogen (secondary N) is 1. The van der Waals surface area contributed by atoms with E-state index >= 15 is 0 Å². The van der Waals surface area contributed by atoms with Gasteiger partial charge in [0.25, 0.3) is 0 Å². The molecule has 0 saturated heterocycles. The lowest BCUT2D eigenvalue weighted by molar-refractivity contribution is -0.146. The van der Waals surface area contributed by atoms with Gasteiger partial charge in [0.1, 0.15) is 5.82 Å². The van der Waals surface area contributed by atoms with Crippen molar-refractivity contribution in [2.75, 3.05) is 13.1 Å². The normalized spacial score (nSPS) is 11.6.